The Morgan fingerprint density at radius 2 is 1.92 bits per heavy atom. The molecule has 3 aromatic heterocycles. The van der Waals surface area contributed by atoms with Crippen molar-refractivity contribution >= 4 is 28.5 Å². The largest absolute Gasteiger partial charge is 0.473 e. The van der Waals surface area contributed by atoms with Crippen molar-refractivity contribution in [3.63, 3.8) is 0 Å². The third-order valence-electron chi connectivity index (χ3n) is 3.82. The van der Waals surface area contributed by atoms with Crippen LogP contribution in [0.2, 0.25) is 5.15 Å². The molecule has 0 saturated heterocycles. The van der Waals surface area contributed by atoms with Crippen LogP contribution in [0.25, 0.3) is 11.0 Å². The Kier molecular flexibility index (Phi) is 4.33. The van der Waals surface area contributed by atoms with Crippen LogP contribution in [-0.2, 0) is 6.61 Å². The number of pyridine rings is 1. The van der Waals surface area contributed by atoms with E-state index in [1.54, 1.807) is 24.4 Å². The fourth-order valence-corrected chi connectivity index (χ4v) is 2.71. The zero-order chi connectivity index (χ0) is 17.9. The molecule has 6 nitrogen and oxygen atoms in total. The lowest BCUT2D eigenvalue weighted by atomic mass is 10.2. The SMILES string of the molecule is O=C(c1cc(Cl)ncn1)n1ccc2nc(OCc3ccccc3)ccc21. The van der Waals surface area contributed by atoms with E-state index in [2.05, 4.69) is 15.0 Å². The molecule has 0 fully saturated rings. The number of hydrogen-bond donors (Lipinski definition) is 0. The van der Waals surface area contributed by atoms with Crippen LogP contribution in [0.5, 0.6) is 5.88 Å². The highest BCUT2D eigenvalue weighted by molar-refractivity contribution is 6.29. The number of nitrogens with zero attached hydrogens (tertiary/aromatic N) is 4. The van der Waals surface area contributed by atoms with E-state index in [4.69, 9.17) is 16.3 Å². The smallest absolute Gasteiger partial charge is 0.281 e. The summed E-state index contributed by atoms with van der Waals surface area (Å²) in [6, 6.07) is 16.6. The van der Waals surface area contributed by atoms with Crippen molar-refractivity contribution in [2.45, 2.75) is 6.61 Å². The number of ether oxygens (including phenoxy) is 1. The Bertz CT molecular complexity index is 1080. The maximum absolute atomic E-state index is 12.6. The van der Waals surface area contributed by atoms with E-state index in [1.807, 2.05) is 30.3 Å². The lowest BCUT2D eigenvalue weighted by Gasteiger charge is -2.06. The molecule has 7 heteroatoms. The number of carbonyl (C=O) groups is 1. The maximum atomic E-state index is 12.6. The second-order valence-electron chi connectivity index (χ2n) is 5.54. The van der Waals surface area contributed by atoms with Gasteiger partial charge < -0.3 is 4.74 Å². The molecular formula is C19H13ClN4O2. The summed E-state index contributed by atoms with van der Waals surface area (Å²) in [6.07, 6.45) is 2.91. The van der Waals surface area contributed by atoms with Crippen molar-refractivity contribution in [3.05, 3.63) is 83.5 Å². The number of rotatable bonds is 4. The number of halogens is 1. The number of aromatic nitrogens is 4. The van der Waals surface area contributed by atoms with Crippen molar-refractivity contribution in [1.82, 2.24) is 19.5 Å². The minimum atomic E-state index is -0.302. The predicted molar refractivity (Wildman–Crippen MR) is 97.3 cm³/mol. The summed E-state index contributed by atoms with van der Waals surface area (Å²) in [5.74, 6) is 0.195. The minimum Gasteiger partial charge on any atom is -0.473 e. The minimum absolute atomic E-state index is 0.215. The predicted octanol–water partition coefficient (Wildman–Crippen LogP) is 3.75. The Labute approximate surface area is 154 Å². The number of hydrogen-bond acceptors (Lipinski definition) is 5. The highest BCUT2D eigenvalue weighted by Crippen LogP contribution is 2.20. The summed E-state index contributed by atoms with van der Waals surface area (Å²) in [6.45, 7) is 0.429. The molecule has 0 aliphatic heterocycles. The molecule has 3 heterocycles. The molecule has 0 N–H and O–H groups in total. The van der Waals surface area contributed by atoms with Gasteiger partial charge in [0.2, 0.25) is 5.88 Å². The van der Waals surface area contributed by atoms with E-state index >= 15 is 0 Å². The Morgan fingerprint density at radius 3 is 2.73 bits per heavy atom. The molecule has 0 amide bonds. The zero-order valence-electron chi connectivity index (χ0n) is 13.5. The van der Waals surface area contributed by atoms with Crippen LogP contribution < -0.4 is 4.74 Å². The van der Waals surface area contributed by atoms with Crippen LogP contribution in [0.4, 0.5) is 0 Å². The van der Waals surface area contributed by atoms with Gasteiger partial charge in [-0.05, 0) is 17.7 Å². The average Bonchev–Trinajstić information content (AvgIpc) is 3.10. The average molecular weight is 365 g/mol. The van der Waals surface area contributed by atoms with Crippen LogP contribution >= 0.6 is 11.6 Å². The highest BCUT2D eigenvalue weighted by atomic mass is 35.5. The fourth-order valence-electron chi connectivity index (χ4n) is 2.56. The summed E-state index contributed by atoms with van der Waals surface area (Å²) < 4.78 is 7.20. The van der Waals surface area contributed by atoms with Crippen LogP contribution in [-0.4, -0.2) is 25.4 Å². The normalized spacial score (nSPS) is 10.8. The van der Waals surface area contributed by atoms with E-state index in [0.717, 1.165) is 5.56 Å². The molecule has 128 valence electrons. The van der Waals surface area contributed by atoms with Gasteiger partial charge in [0.15, 0.2) is 0 Å². The van der Waals surface area contributed by atoms with Gasteiger partial charge in [-0.15, -0.1) is 0 Å². The van der Waals surface area contributed by atoms with Crippen molar-refractivity contribution in [1.29, 1.82) is 0 Å². The Morgan fingerprint density at radius 1 is 1.08 bits per heavy atom. The molecule has 0 radical (unpaired) electrons. The number of benzene rings is 1. The van der Waals surface area contributed by atoms with Crippen LogP contribution in [0, 0.1) is 0 Å². The summed E-state index contributed by atoms with van der Waals surface area (Å²) in [7, 11) is 0. The summed E-state index contributed by atoms with van der Waals surface area (Å²) in [5.41, 5.74) is 2.59. The molecule has 0 saturated carbocycles. The van der Waals surface area contributed by atoms with Crippen LogP contribution in [0.1, 0.15) is 16.1 Å². The second-order valence-corrected chi connectivity index (χ2v) is 5.93. The van der Waals surface area contributed by atoms with E-state index in [1.165, 1.54) is 17.0 Å². The molecule has 0 bridgehead atoms. The third-order valence-corrected chi connectivity index (χ3v) is 4.03. The number of fused-ring (bicyclic) bond motifs is 1. The lowest BCUT2D eigenvalue weighted by molar-refractivity contribution is 0.0960. The van der Waals surface area contributed by atoms with Gasteiger partial charge in [-0.2, -0.15) is 0 Å². The highest BCUT2D eigenvalue weighted by Gasteiger charge is 2.14. The second kappa shape index (κ2) is 6.93. The molecule has 4 rings (SSSR count). The Hall–Kier alpha value is -3.25. The standard InChI is InChI=1S/C19H13ClN4O2/c20-17-10-15(21-12-22-17)19(25)24-9-8-14-16(24)6-7-18(23-14)26-11-13-4-2-1-3-5-13/h1-10,12H,11H2. The van der Waals surface area contributed by atoms with Gasteiger partial charge in [0.25, 0.3) is 5.91 Å². The van der Waals surface area contributed by atoms with Crippen molar-refractivity contribution < 1.29 is 9.53 Å². The molecule has 1 aromatic carbocycles. The molecule has 0 spiro atoms. The van der Waals surface area contributed by atoms with E-state index in [-0.39, 0.29) is 16.8 Å². The van der Waals surface area contributed by atoms with Crippen molar-refractivity contribution in [2.24, 2.45) is 0 Å². The molecule has 0 unspecified atom stereocenters. The first-order valence-electron chi connectivity index (χ1n) is 7.88. The van der Waals surface area contributed by atoms with E-state index in [9.17, 15) is 4.79 Å². The van der Waals surface area contributed by atoms with Gasteiger partial charge in [0, 0.05) is 18.3 Å². The third kappa shape index (κ3) is 3.27. The summed E-state index contributed by atoms with van der Waals surface area (Å²) in [5, 5.41) is 0.217. The van der Waals surface area contributed by atoms with Gasteiger partial charge in [-0.25, -0.2) is 15.0 Å². The number of carbonyl (C=O) groups excluding carboxylic acids is 1. The van der Waals surface area contributed by atoms with Crippen molar-refractivity contribution in [2.75, 3.05) is 0 Å². The first-order chi connectivity index (χ1) is 12.7. The van der Waals surface area contributed by atoms with Crippen LogP contribution in [0.3, 0.4) is 0 Å². The van der Waals surface area contributed by atoms with E-state index in [0.29, 0.717) is 23.5 Å². The summed E-state index contributed by atoms with van der Waals surface area (Å²) >= 11 is 5.83. The molecule has 0 atom stereocenters. The van der Waals surface area contributed by atoms with Gasteiger partial charge >= 0.3 is 0 Å². The first kappa shape index (κ1) is 16.2. The van der Waals surface area contributed by atoms with Crippen molar-refractivity contribution in [3.8, 4) is 5.88 Å². The lowest BCUT2D eigenvalue weighted by Crippen LogP contribution is -2.12. The molecule has 0 aliphatic carbocycles. The fraction of sp³-hybridized carbons (Fsp3) is 0.0526. The Balaban J connectivity index is 1.58. The maximum Gasteiger partial charge on any atom is 0.281 e. The molecule has 0 aliphatic rings. The monoisotopic (exact) mass is 364 g/mol. The molecule has 4 aromatic rings. The van der Waals surface area contributed by atoms with E-state index < -0.39 is 0 Å². The van der Waals surface area contributed by atoms with Gasteiger partial charge in [-0.3, -0.25) is 9.36 Å². The first-order valence-corrected chi connectivity index (χ1v) is 8.25. The molecule has 26 heavy (non-hydrogen) atoms. The van der Waals surface area contributed by atoms with Gasteiger partial charge in [0.1, 0.15) is 23.8 Å². The topological polar surface area (TPSA) is 69.9 Å². The summed E-state index contributed by atoms with van der Waals surface area (Å²) in [4.78, 5) is 24.8. The van der Waals surface area contributed by atoms with Gasteiger partial charge in [0.05, 0.1) is 11.0 Å². The zero-order valence-corrected chi connectivity index (χ0v) is 14.3. The molecular weight excluding hydrogens is 352 g/mol. The quantitative estimate of drug-likeness (QED) is 0.516. The van der Waals surface area contributed by atoms with Crippen LogP contribution in [0.15, 0.2) is 67.1 Å². The van der Waals surface area contributed by atoms with Gasteiger partial charge in [-0.1, -0.05) is 41.9 Å².